The lowest BCUT2D eigenvalue weighted by molar-refractivity contribution is -0.384. The summed E-state index contributed by atoms with van der Waals surface area (Å²) in [6.45, 7) is -0.325. The Morgan fingerprint density at radius 3 is 2.77 bits per heavy atom. The molecule has 0 bridgehead atoms. The third kappa shape index (κ3) is 4.34. The molecule has 31 heavy (non-hydrogen) atoms. The summed E-state index contributed by atoms with van der Waals surface area (Å²) in [6.07, 6.45) is 2.25. The second kappa shape index (κ2) is 8.21. The molecule has 0 aliphatic rings. The summed E-state index contributed by atoms with van der Waals surface area (Å²) in [6, 6.07) is 13.0. The van der Waals surface area contributed by atoms with E-state index in [2.05, 4.69) is 16.4 Å². The highest BCUT2D eigenvalue weighted by molar-refractivity contribution is 7.15. The van der Waals surface area contributed by atoms with Gasteiger partial charge >= 0.3 is 5.76 Å². The first-order valence-electron chi connectivity index (χ1n) is 8.94. The summed E-state index contributed by atoms with van der Waals surface area (Å²) < 4.78 is 6.11. The van der Waals surface area contributed by atoms with Crippen LogP contribution in [0.1, 0.15) is 16.0 Å². The normalized spacial score (nSPS) is 10.7. The smallest absolute Gasteiger partial charge is 0.407 e. The van der Waals surface area contributed by atoms with E-state index in [4.69, 9.17) is 9.68 Å². The van der Waals surface area contributed by atoms with E-state index in [1.807, 2.05) is 12.1 Å². The van der Waals surface area contributed by atoms with Crippen LogP contribution >= 0.6 is 11.3 Å². The summed E-state index contributed by atoms with van der Waals surface area (Å²) in [4.78, 5) is 39.8. The van der Waals surface area contributed by atoms with Gasteiger partial charge in [0.2, 0.25) is 5.91 Å². The SMILES string of the molecule is N#Cc1ccc(Cc2cnc(NC(=O)Cn3c(=O)oc4cc([N+](=O)[O-])ccc43)s2)cc1. The van der Waals surface area contributed by atoms with Crippen LogP contribution in [0.2, 0.25) is 0 Å². The Morgan fingerprint density at radius 1 is 1.29 bits per heavy atom. The second-order valence-corrected chi connectivity index (χ2v) is 7.64. The monoisotopic (exact) mass is 435 g/mol. The average molecular weight is 435 g/mol. The number of carbonyl (C=O) groups excluding carboxylic acids is 1. The zero-order chi connectivity index (χ0) is 22.0. The molecule has 4 aromatic rings. The number of nitrogens with zero attached hydrogens (tertiary/aromatic N) is 4. The minimum Gasteiger partial charge on any atom is -0.407 e. The molecule has 0 saturated carbocycles. The molecule has 0 fully saturated rings. The number of nitro groups is 1. The number of non-ortho nitro benzene ring substituents is 1. The van der Waals surface area contributed by atoms with E-state index in [-0.39, 0.29) is 23.3 Å². The van der Waals surface area contributed by atoms with Crippen molar-refractivity contribution in [3.05, 3.63) is 85.3 Å². The maximum atomic E-state index is 12.4. The summed E-state index contributed by atoms with van der Waals surface area (Å²) in [5.41, 5.74) is 1.69. The molecule has 0 unspecified atom stereocenters. The van der Waals surface area contributed by atoms with Gasteiger partial charge in [0.05, 0.1) is 28.1 Å². The van der Waals surface area contributed by atoms with E-state index in [9.17, 15) is 19.7 Å². The van der Waals surface area contributed by atoms with E-state index in [0.717, 1.165) is 21.1 Å². The van der Waals surface area contributed by atoms with Gasteiger partial charge in [-0.1, -0.05) is 12.1 Å². The first-order chi connectivity index (χ1) is 14.9. The van der Waals surface area contributed by atoms with Gasteiger partial charge in [-0.25, -0.2) is 9.78 Å². The van der Waals surface area contributed by atoms with Crippen LogP contribution in [0, 0.1) is 21.4 Å². The molecule has 0 radical (unpaired) electrons. The zero-order valence-electron chi connectivity index (χ0n) is 15.8. The number of anilines is 1. The predicted molar refractivity (Wildman–Crippen MR) is 112 cm³/mol. The van der Waals surface area contributed by atoms with Crippen molar-refractivity contribution in [2.24, 2.45) is 0 Å². The maximum Gasteiger partial charge on any atom is 0.420 e. The van der Waals surface area contributed by atoms with Crippen molar-refractivity contribution in [2.75, 3.05) is 5.32 Å². The topological polar surface area (TPSA) is 144 Å². The third-order valence-corrected chi connectivity index (χ3v) is 5.34. The molecule has 2 heterocycles. The highest BCUT2D eigenvalue weighted by Crippen LogP contribution is 2.22. The molecular formula is C20H13N5O5S. The van der Waals surface area contributed by atoms with Gasteiger partial charge in [-0.05, 0) is 23.8 Å². The Hall–Kier alpha value is -4.30. The number of hydrogen-bond donors (Lipinski definition) is 1. The number of rotatable bonds is 6. The van der Waals surface area contributed by atoms with Gasteiger partial charge in [-0.15, -0.1) is 11.3 Å². The molecule has 0 aliphatic carbocycles. The number of benzene rings is 2. The van der Waals surface area contributed by atoms with Crippen molar-refractivity contribution in [3.8, 4) is 6.07 Å². The summed E-state index contributed by atoms with van der Waals surface area (Å²) in [5.74, 6) is -1.27. The van der Waals surface area contributed by atoms with Gasteiger partial charge in [0.1, 0.15) is 6.54 Å². The molecule has 2 aromatic carbocycles. The largest absolute Gasteiger partial charge is 0.420 e. The van der Waals surface area contributed by atoms with Crippen LogP contribution in [0.25, 0.3) is 11.1 Å². The molecule has 4 rings (SSSR count). The summed E-state index contributed by atoms with van der Waals surface area (Å²) >= 11 is 1.30. The van der Waals surface area contributed by atoms with Crippen LogP contribution in [-0.4, -0.2) is 20.4 Å². The lowest BCUT2D eigenvalue weighted by Gasteiger charge is -2.02. The molecule has 0 spiro atoms. The molecule has 0 aliphatic heterocycles. The molecule has 0 atom stereocenters. The van der Waals surface area contributed by atoms with Gasteiger partial charge in [0.25, 0.3) is 5.69 Å². The molecule has 154 valence electrons. The maximum absolute atomic E-state index is 12.4. The Kier molecular flexibility index (Phi) is 5.30. The number of nitrogens with one attached hydrogen (secondary N) is 1. The van der Waals surface area contributed by atoms with Gasteiger partial charge in [-0.3, -0.25) is 19.5 Å². The fraction of sp³-hybridized carbons (Fsp3) is 0.100. The summed E-state index contributed by atoms with van der Waals surface area (Å²) in [7, 11) is 0. The molecule has 1 N–H and O–H groups in total. The van der Waals surface area contributed by atoms with Crippen molar-refractivity contribution in [3.63, 3.8) is 0 Å². The Morgan fingerprint density at radius 2 is 2.06 bits per heavy atom. The Bertz CT molecular complexity index is 1390. The van der Waals surface area contributed by atoms with Crippen LogP contribution < -0.4 is 11.1 Å². The number of hydrogen-bond acceptors (Lipinski definition) is 8. The van der Waals surface area contributed by atoms with Gasteiger partial charge in [-0.2, -0.15) is 5.26 Å². The molecule has 10 nitrogen and oxygen atoms in total. The summed E-state index contributed by atoms with van der Waals surface area (Å²) in [5, 5.41) is 22.7. The molecule has 11 heteroatoms. The first-order valence-corrected chi connectivity index (χ1v) is 9.76. The average Bonchev–Trinajstić information content (AvgIpc) is 3.31. The van der Waals surface area contributed by atoms with E-state index in [0.29, 0.717) is 17.1 Å². The molecular weight excluding hydrogens is 422 g/mol. The van der Waals surface area contributed by atoms with Crippen LogP contribution in [-0.2, 0) is 17.8 Å². The predicted octanol–water partition coefficient (Wildman–Crippen LogP) is 3.06. The highest BCUT2D eigenvalue weighted by atomic mass is 32.1. The zero-order valence-corrected chi connectivity index (χ0v) is 16.6. The number of nitro benzene ring substituents is 1. The number of thiazole rings is 1. The van der Waals surface area contributed by atoms with Crippen molar-refractivity contribution in [1.82, 2.24) is 9.55 Å². The van der Waals surface area contributed by atoms with Crippen molar-refractivity contribution >= 4 is 39.2 Å². The van der Waals surface area contributed by atoms with Crippen molar-refractivity contribution in [2.45, 2.75) is 13.0 Å². The van der Waals surface area contributed by atoms with Crippen LogP contribution in [0.3, 0.4) is 0 Å². The van der Waals surface area contributed by atoms with Gasteiger partial charge < -0.3 is 9.73 Å². The number of oxazole rings is 1. The van der Waals surface area contributed by atoms with E-state index in [1.165, 1.54) is 23.5 Å². The molecule has 1 amide bonds. The third-order valence-electron chi connectivity index (χ3n) is 4.43. The van der Waals surface area contributed by atoms with Crippen molar-refractivity contribution in [1.29, 1.82) is 5.26 Å². The minimum atomic E-state index is -0.786. The molecule has 2 aromatic heterocycles. The van der Waals surface area contributed by atoms with E-state index >= 15 is 0 Å². The lowest BCUT2D eigenvalue weighted by atomic mass is 10.1. The number of carbonyl (C=O) groups is 1. The van der Waals surface area contributed by atoms with Crippen LogP contribution in [0.4, 0.5) is 10.8 Å². The number of amides is 1. The van der Waals surface area contributed by atoms with E-state index < -0.39 is 16.6 Å². The second-order valence-electron chi connectivity index (χ2n) is 6.53. The lowest BCUT2D eigenvalue weighted by Crippen LogP contribution is -2.24. The molecule has 0 saturated heterocycles. The number of fused-ring (bicyclic) bond motifs is 1. The van der Waals surface area contributed by atoms with Crippen LogP contribution in [0.15, 0.2) is 57.9 Å². The van der Waals surface area contributed by atoms with Gasteiger partial charge in [0, 0.05) is 23.6 Å². The highest BCUT2D eigenvalue weighted by Gasteiger charge is 2.17. The first kappa shape index (κ1) is 20.0. The van der Waals surface area contributed by atoms with Gasteiger partial charge in [0.15, 0.2) is 10.7 Å². The standard InChI is InChI=1S/C20H13N5O5S/c21-9-13-3-1-12(2-4-13)7-15-10-22-19(31-15)23-18(26)11-24-16-6-5-14(25(28)29)8-17(16)30-20(24)27/h1-6,8,10H,7,11H2,(H,22,23,26). The Labute approximate surface area is 178 Å². The fourth-order valence-corrected chi connectivity index (χ4v) is 3.83. The van der Waals surface area contributed by atoms with E-state index in [1.54, 1.807) is 18.3 Å². The van der Waals surface area contributed by atoms with Crippen molar-refractivity contribution < 1.29 is 14.1 Å². The quantitative estimate of drug-likeness (QED) is 0.362. The number of nitriles is 1. The minimum absolute atomic E-state index is 0.0333. The Balaban J connectivity index is 1.44. The fourth-order valence-electron chi connectivity index (χ4n) is 2.97. The number of aromatic nitrogens is 2. The van der Waals surface area contributed by atoms with Crippen LogP contribution in [0.5, 0.6) is 0 Å².